The molecule has 7 nitrogen and oxygen atoms in total. The summed E-state index contributed by atoms with van der Waals surface area (Å²) < 4.78 is 1.97. The lowest BCUT2D eigenvalue weighted by Crippen LogP contribution is -2.46. The largest absolute Gasteiger partial charge is 0.376 e. The summed E-state index contributed by atoms with van der Waals surface area (Å²) in [6.45, 7) is 11.0. The van der Waals surface area contributed by atoms with Gasteiger partial charge in [-0.05, 0) is 40.4 Å². The Balaban J connectivity index is 3.26. The van der Waals surface area contributed by atoms with E-state index in [0.717, 1.165) is 15.1 Å². The standard InChI is InChI=1S/C12H21N5O2S/c1-7-20-10-15-16(9(18)13-12(4,5)6)11(19)17(10)14-8(2)3/h7H2,1-6H3,(H,13,18). The Morgan fingerprint density at radius 3 is 2.45 bits per heavy atom. The minimum Gasteiger partial charge on any atom is -0.331 e. The van der Waals surface area contributed by atoms with E-state index in [-0.39, 0.29) is 0 Å². The lowest BCUT2D eigenvalue weighted by atomic mass is 10.1. The second-order valence-electron chi connectivity index (χ2n) is 5.45. The van der Waals surface area contributed by atoms with Gasteiger partial charge in [-0.2, -0.15) is 9.78 Å². The molecule has 0 fully saturated rings. The van der Waals surface area contributed by atoms with Crippen LogP contribution in [-0.4, -0.2) is 37.5 Å². The molecule has 0 saturated heterocycles. The maximum Gasteiger partial charge on any atom is 0.376 e. The molecule has 8 heteroatoms. The summed E-state index contributed by atoms with van der Waals surface area (Å²) in [5.74, 6) is 0.732. The van der Waals surface area contributed by atoms with E-state index in [1.807, 2.05) is 27.7 Å². The molecule has 0 radical (unpaired) electrons. The number of carbonyl (C=O) groups is 1. The Hall–Kier alpha value is -1.57. The molecular weight excluding hydrogens is 278 g/mol. The summed E-state index contributed by atoms with van der Waals surface area (Å²) >= 11 is 1.36. The van der Waals surface area contributed by atoms with E-state index in [1.165, 1.54) is 11.8 Å². The summed E-state index contributed by atoms with van der Waals surface area (Å²) in [5.41, 5.74) is -0.299. The number of amides is 1. The van der Waals surface area contributed by atoms with E-state index < -0.39 is 17.3 Å². The Kier molecular flexibility index (Phi) is 5.15. The van der Waals surface area contributed by atoms with Gasteiger partial charge in [-0.15, -0.1) is 9.78 Å². The van der Waals surface area contributed by atoms with Gasteiger partial charge in [0.25, 0.3) is 0 Å². The van der Waals surface area contributed by atoms with Crippen molar-refractivity contribution in [2.24, 2.45) is 5.10 Å². The molecule has 0 unspecified atom stereocenters. The van der Waals surface area contributed by atoms with Crippen molar-refractivity contribution in [2.75, 3.05) is 5.75 Å². The number of aromatic nitrogens is 3. The molecule has 0 aromatic carbocycles. The van der Waals surface area contributed by atoms with Gasteiger partial charge in [0.2, 0.25) is 5.16 Å². The van der Waals surface area contributed by atoms with Crippen LogP contribution in [0, 0.1) is 0 Å². The van der Waals surface area contributed by atoms with E-state index in [9.17, 15) is 9.59 Å². The number of hydrogen-bond acceptors (Lipinski definition) is 5. The van der Waals surface area contributed by atoms with Crippen molar-refractivity contribution in [3.63, 3.8) is 0 Å². The first-order valence-corrected chi connectivity index (χ1v) is 7.34. The first-order chi connectivity index (χ1) is 9.15. The summed E-state index contributed by atoms with van der Waals surface area (Å²) in [7, 11) is 0. The second kappa shape index (κ2) is 6.25. The Bertz CT molecular complexity index is 576. The molecule has 1 amide bonds. The molecule has 0 spiro atoms. The van der Waals surface area contributed by atoms with E-state index in [2.05, 4.69) is 15.5 Å². The highest BCUT2D eigenvalue weighted by atomic mass is 32.2. The Labute approximate surface area is 122 Å². The molecule has 1 aromatic rings. The van der Waals surface area contributed by atoms with E-state index in [1.54, 1.807) is 13.8 Å². The highest BCUT2D eigenvalue weighted by Crippen LogP contribution is 2.13. The molecule has 0 aliphatic carbocycles. The number of nitrogens with zero attached hydrogens (tertiary/aromatic N) is 4. The lowest BCUT2D eigenvalue weighted by Gasteiger charge is -2.19. The third-order valence-electron chi connectivity index (χ3n) is 1.98. The second-order valence-corrected chi connectivity index (χ2v) is 6.68. The van der Waals surface area contributed by atoms with Crippen molar-refractivity contribution in [1.82, 2.24) is 19.8 Å². The predicted molar refractivity (Wildman–Crippen MR) is 80.7 cm³/mol. The molecule has 1 heterocycles. The molecule has 1 N–H and O–H groups in total. The zero-order chi connectivity index (χ0) is 15.5. The zero-order valence-electron chi connectivity index (χ0n) is 12.7. The van der Waals surface area contributed by atoms with Gasteiger partial charge in [0.05, 0.1) is 0 Å². The SMILES string of the molecule is CCSc1nn(C(=O)NC(C)(C)C)c(=O)n1N=C(C)C. The fourth-order valence-corrected chi connectivity index (χ4v) is 1.99. The highest BCUT2D eigenvalue weighted by Gasteiger charge is 2.21. The number of carbonyl (C=O) groups excluding carboxylic acids is 1. The first kappa shape index (κ1) is 16.5. The fourth-order valence-electron chi connectivity index (χ4n) is 1.35. The van der Waals surface area contributed by atoms with Crippen LogP contribution in [0.2, 0.25) is 0 Å². The summed E-state index contributed by atoms with van der Waals surface area (Å²) in [6, 6.07) is -0.553. The average Bonchev–Trinajstić information content (AvgIpc) is 2.55. The van der Waals surface area contributed by atoms with Crippen molar-refractivity contribution < 1.29 is 4.79 Å². The van der Waals surface area contributed by atoms with Crippen LogP contribution in [-0.2, 0) is 0 Å². The number of thioether (sulfide) groups is 1. The van der Waals surface area contributed by atoms with Crippen LogP contribution in [0.3, 0.4) is 0 Å². The maximum absolute atomic E-state index is 12.2. The smallest absolute Gasteiger partial charge is 0.331 e. The summed E-state index contributed by atoms with van der Waals surface area (Å²) in [6.07, 6.45) is 0. The molecule has 0 atom stereocenters. The van der Waals surface area contributed by atoms with E-state index in [0.29, 0.717) is 10.9 Å². The highest BCUT2D eigenvalue weighted by molar-refractivity contribution is 7.99. The van der Waals surface area contributed by atoms with Crippen LogP contribution in [0.5, 0.6) is 0 Å². The fraction of sp³-hybridized carbons (Fsp3) is 0.667. The van der Waals surface area contributed by atoms with E-state index in [4.69, 9.17) is 0 Å². The van der Waals surface area contributed by atoms with Crippen molar-refractivity contribution in [3.05, 3.63) is 10.5 Å². The number of nitrogens with one attached hydrogen (secondary N) is 1. The normalized spacial score (nSPS) is 11.3. The quantitative estimate of drug-likeness (QED) is 0.681. The van der Waals surface area contributed by atoms with Gasteiger partial charge in [-0.1, -0.05) is 18.7 Å². The van der Waals surface area contributed by atoms with Gasteiger partial charge in [0.15, 0.2) is 0 Å². The number of rotatable bonds is 3. The molecule has 1 rings (SSSR count). The molecule has 112 valence electrons. The van der Waals surface area contributed by atoms with Crippen molar-refractivity contribution in [1.29, 1.82) is 0 Å². The van der Waals surface area contributed by atoms with Gasteiger partial charge >= 0.3 is 11.7 Å². The molecular formula is C12H21N5O2S. The van der Waals surface area contributed by atoms with E-state index >= 15 is 0 Å². The molecule has 20 heavy (non-hydrogen) atoms. The van der Waals surface area contributed by atoms with Crippen molar-refractivity contribution in [2.45, 2.75) is 52.2 Å². The summed E-state index contributed by atoms with van der Waals surface area (Å²) in [4.78, 5) is 24.3. The van der Waals surface area contributed by atoms with Crippen LogP contribution >= 0.6 is 11.8 Å². The zero-order valence-corrected chi connectivity index (χ0v) is 13.5. The van der Waals surface area contributed by atoms with Crippen LogP contribution in [0.25, 0.3) is 0 Å². The minimum atomic E-state index is -0.566. The first-order valence-electron chi connectivity index (χ1n) is 6.35. The third kappa shape index (κ3) is 4.22. The van der Waals surface area contributed by atoms with Crippen LogP contribution in [0.1, 0.15) is 41.5 Å². The van der Waals surface area contributed by atoms with Gasteiger partial charge in [-0.25, -0.2) is 9.59 Å². The Morgan fingerprint density at radius 2 is 2.00 bits per heavy atom. The van der Waals surface area contributed by atoms with Crippen molar-refractivity contribution >= 4 is 23.5 Å². The number of hydrogen-bond donors (Lipinski definition) is 1. The monoisotopic (exact) mass is 299 g/mol. The van der Waals surface area contributed by atoms with Crippen LogP contribution in [0.4, 0.5) is 4.79 Å². The third-order valence-corrected chi connectivity index (χ3v) is 2.78. The van der Waals surface area contributed by atoms with Gasteiger partial charge in [0, 0.05) is 11.3 Å². The molecule has 0 aliphatic heterocycles. The van der Waals surface area contributed by atoms with Crippen LogP contribution in [0.15, 0.2) is 15.1 Å². The average molecular weight is 299 g/mol. The topological polar surface area (TPSA) is 81.3 Å². The Morgan fingerprint density at radius 1 is 1.40 bits per heavy atom. The van der Waals surface area contributed by atoms with Gasteiger partial charge in [-0.3, -0.25) is 0 Å². The molecule has 1 aromatic heterocycles. The molecule has 0 saturated carbocycles. The molecule has 0 aliphatic rings. The van der Waals surface area contributed by atoms with Gasteiger partial charge in [0.1, 0.15) is 0 Å². The lowest BCUT2D eigenvalue weighted by molar-refractivity contribution is 0.229. The van der Waals surface area contributed by atoms with Crippen molar-refractivity contribution in [3.8, 4) is 0 Å². The molecule has 0 bridgehead atoms. The van der Waals surface area contributed by atoms with Gasteiger partial charge < -0.3 is 5.32 Å². The minimum absolute atomic E-state index is 0.405. The van der Waals surface area contributed by atoms with Crippen LogP contribution < -0.4 is 11.0 Å². The predicted octanol–water partition coefficient (Wildman–Crippen LogP) is 1.76. The maximum atomic E-state index is 12.2. The summed E-state index contributed by atoms with van der Waals surface area (Å²) in [5, 5.41) is 11.3.